The third kappa shape index (κ3) is 5.78. The van der Waals surface area contributed by atoms with Crippen LogP contribution in [0.2, 0.25) is 0 Å². The molecule has 1 amide bonds. The maximum absolute atomic E-state index is 13.1. The molecule has 1 aliphatic heterocycles. The first-order chi connectivity index (χ1) is 14.4. The highest BCUT2D eigenvalue weighted by molar-refractivity contribution is 7.89. The van der Waals surface area contributed by atoms with Gasteiger partial charge in [0.25, 0.3) is 0 Å². The molecule has 1 aliphatic rings. The summed E-state index contributed by atoms with van der Waals surface area (Å²) in [6, 6.07) is 14.8. The maximum Gasteiger partial charge on any atom is 0.233 e. The number of piperazine rings is 1. The summed E-state index contributed by atoms with van der Waals surface area (Å²) < 4.78 is 40.3. The molecule has 0 aliphatic carbocycles. The lowest BCUT2D eigenvalue weighted by molar-refractivity contribution is -0.158. The lowest BCUT2D eigenvalue weighted by Gasteiger charge is -2.36. The molecule has 0 aromatic heterocycles. The van der Waals surface area contributed by atoms with Gasteiger partial charge in [-0.1, -0.05) is 30.3 Å². The van der Waals surface area contributed by atoms with E-state index in [0.717, 1.165) is 11.3 Å². The number of hydrogen-bond donors (Lipinski definition) is 1. The quantitative estimate of drug-likeness (QED) is 0.371. The molecule has 1 atom stereocenters. The number of benzene rings is 2. The third-order valence-corrected chi connectivity index (χ3v) is 7.28. The Labute approximate surface area is 176 Å². The van der Waals surface area contributed by atoms with Crippen molar-refractivity contribution in [2.24, 2.45) is 0 Å². The molecule has 2 aromatic rings. The van der Waals surface area contributed by atoms with Crippen LogP contribution in [0.1, 0.15) is 12.0 Å². The van der Waals surface area contributed by atoms with Crippen LogP contribution in [0.3, 0.4) is 0 Å². The maximum atomic E-state index is 13.1. The van der Waals surface area contributed by atoms with E-state index >= 15 is 0 Å². The number of rotatable bonds is 9. The molecule has 1 fully saturated rings. The highest BCUT2D eigenvalue weighted by atomic mass is 32.2. The number of amides is 1. The first kappa shape index (κ1) is 22.2. The smallest absolute Gasteiger partial charge is 0.233 e. The van der Waals surface area contributed by atoms with Gasteiger partial charge in [-0.05, 0) is 42.7 Å². The van der Waals surface area contributed by atoms with Crippen LogP contribution in [0, 0.1) is 5.82 Å². The van der Waals surface area contributed by atoms with Crippen LogP contribution in [0.25, 0.3) is 0 Å². The Morgan fingerprint density at radius 1 is 1.03 bits per heavy atom. The van der Waals surface area contributed by atoms with Crippen LogP contribution >= 0.6 is 0 Å². The van der Waals surface area contributed by atoms with E-state index < -0.39 is 16.1 Å². The molecule has 2 aromatic carbocycles. The SMILES string of the molecule is O=CN(O)C(CCc1ccccc1)CS(=O)(=O)N1CCN(c2ccc(F)cc2)CC1. The van der Waals surface area contributed by atoms with Crippen LogP contribution in [0.15, 0.2) is 54.6 Å². The van der Waals surface area contributed by atoms with Crippen molar-refractivity contribution in [3.63, 3.8) is 0 Å². The molecule has 1 heterocycles. The van der Waals surface area contributed by atoms with Crippen molar-refractivity contribution >= 4 is 22.1 Å². The van der Waals surface area contributed by atoms with Crippen molar-refractivity contribution in [2.75, 3.05) is 36.8 Å². The van der Waals surface area contributed by atoms with E-state index in [4.69, 9.17) is 0 Å². The number of carbonyl (C=O) groups is 1. The third-order valence-electron chi connectivity index (χ3n) is 5.32. The van der Waals surface area contributed by atoms with Crippen LogP contribution in [0.4, 0.5) is 10.1 Å². The standard InChI is InChI=1S/C21H26FN3O4S/c22-19-7-10-20(11-8-19)23-12-14-24(15-13-23)30(28,29)16-21(25(27)17-26)9-6-18-4-2-1-3-5-18/h1-5,7-8,10-11,17,21,27H,6,9,12-16H2. The van der Waals surface area contributed by atoms with E-state index in [1.807, 2.05) is 35.2 Å². The Balaban J connectivity index is 1.60. The van der Waals surface area contributed by atoms with Crippen molar-refractivity contribution in [1.29, 1.82) is 0 Å². The van der Waals surface area contributed by atoms with Gasteiger partial charge in [-0.3, -0.25) is 10.0 Å². The zero-order chi connectivity index (χ0) is 21.6. The molecule has 0 bridgehead atoms. The van der Waals surface area contributed by atoms with Crippen molar-refractivity contribution in [3.8, 4) is 0 Å². The summed E-state index contributed by atoms with van der Waals surface area (Å²) in [4.78, 5) is 13.1. The summed E-state index contributed by atoms with van der Waals surface area (Å²) in [5, 5.41) is 10.4. The van der Waals surface area contributed by atoms with Gasteiger partial charge in [-0.2, -0.15) is 4.31 Å². The molecule has 0 spiro atoms. The second-order valence-corrected chi connectivity index (χ2v) is 9.32. The molecule has 3 rings (SSSR count). The second kappa shape index (κ2) is 10.0. The van der Waals surface area contributed by atoms with Crippen LogP contribution < -0.4 is 4.90 Å². The van der Waals surface area contributed by atoms with Gasteiger partial charge in [0.05, 0.1) is 11.8 Å². The molecule has 1 unspecified atom stereocenters. The van der Waals surface area contributed by atoms with Gasteiger partial charge in [0, 0.05) is 31.9 Å². The summed E-state index contributed by atoms with van der Waals surface area (Å²) in [6.45, 7) is 1.54. The number of anilines is 1. The second-order valence-electron chi connectivity index (χ2n) is 7.30. The zero-order valence-electron chi connectivity index (χ0n) is 16.6. The average molecular weight is 436 g/mol. The van der Waals surface area contributed by atoms with E-state index in [0.29, 0.717) is 31.0 Å². The summed E-state index contributed by atoms with van der Waals surface area (Å²) in [5.41, 5.74) is 1.85. The highest BCUT2D eigenvalue weighted by Crippen LogP contribution is 2.19. The van der Waals surface area contributed by atoms with Crippen molar-refractivity contribution in [3.05, 3.63) is 66.0 Å². The molecule has 30 heavy (non-hydrogen) atoms. The van der Waals surface area contributed by atoms with E-state index in [-0.39, 0.29) is 31.1 Å². The van der Waals surface area contributed by atoms with E-state index in [1.54, 1.807) is 12.1 Å². The van der Waals surface area contributed by atoms with Gasteiger partial charge in [0.15, 0.2) is 0 Å². The van der Waals surface area contributed by atoms with Gasteiger partial charge in [0.2, 0.25) is 16.4 Å². The minimum atomic E-state index is -3.67. The topological polar surface area (TPSA) is 81.2 Å². The zero-order valence-corrected chi connectivity index (χ0v) is 17.4. The molecule has 1 saturated heterocycles. The van der Waals surface area contributed by atoms with Gasteiger partial charge in [0.1, 0.15) is 5.82 Å². The molecule has 0 radical (unpaired) electrons. The first-order valence-corrected chi connectivity index (χ1v) is 11.4. The van der Waals surface area contributed by atoms with Crippen molar-refractivity contribution < 1.29 is 22.8 Å². The van der Waals surface area contributed by atoms with Gasteiger partial charge < -0.3 is 4.90 Å². The summed E-state index contributed by atoms with van der Waals surface area (Å²) in [7, 11) is -3.67. The molecule has 1 N–H and O–H groups in total. The Kier molecular flexibility index (Phi) is 7.41. The minimum absolute atomic E-state index is 0.248. The van der Waals surface area contributed by atoms with E-state index in [2.05, 4.69) is 0 Å². The van der Waals surface area contributed by atoms with Crippen LogP contribution in [-0.4, -0.2) is 67.4 Å². The fourth-order valence-electron chi connectivity index (χ4n) is 3.58. The summed E-state index contributed by atoms with van der Waals surface area (Å²) in [5.74, 6) is -0.656. The monoisotopic (exact) mass is 435 g/mol. The molecular weight excluding hydrogens is 409 g/mol. The Hall–Kier alpha value is -2.49. The molecule has 0 saturated carbocycles. The van der Waals surface area contributed by atoms with Crippen LogP contribution in [-0.2, 0) is 21.2 Å². The summed E-state index contributed by atoms with van der Waals surface area (Å²) in [6.07, 6.45) is 1.12. The van der Waals surface area contributed by atoms with Crippen molar-refractivity contribution in [2.45, 2.75) is 18.9 Å². The number of sulfonamides is 1. The van der Waals surface area contributed by atoms with E-state index in [9.17, 15) is 22.8 Å². The van der Waals surface area contributed by atoms with E-state index in [1.165, 1.54) is 16.4 Å². The lowest BCUT2D eigenvalue weighted by Crippen LogP contribution is -2.51. The Morgan fingerprint density at radius 3 is 2.27 bits per heavy atom. The Bertz CT molecular complexity index is 917. The number of hydrogen-bond acceptors (Lipinski definition) is 5. The number of aryl methyl sites for hydroxylation is 1. The highest BCUT2D eigenvalue weighted by Gasteiger charge is 2.31. The fraction of sp³-hybridized carbons (Fsp3) is 0.381. The molecule has 162 valence electrons. The number of hydroxylamine groups is 2. The first-order valence-electron chi connectivity index (χ1n) is 9.84. The lowest BCUT2D eigenvalue weighted by atomic mass is 10.1. The van der Waals surface area contributed by atoms with Crippen LogP contribution in [0.5, 0.6) is 0 Å². The molecular formula is C21H26FN3O4S. The predicted octanol–water partition coefficient (Wildman–Crippen LogP) is 2.13. The van der Waals surface area contributed by atoms with Gasteiger partial charge in [-0.15, -0.1) is 0 Å². The van der Waals surface area contributed by atoms with Gasteiger partial charge in [-0.25, -0.2) is 17.9 Å². The molecule has 7 nitrogen and oxygen atoms in total. The number of halogens is 1. The number of carbonyl (C=O) groups excluding carboxylic acids is 1. The summed E-state index contributed by atoms with van der Waals surface area (Å²) >= 11 is 0. The fourth-order valence-corrected chi connectivity index (χ4v) is 5.32. The van der Waals surface area contributed by atoms with Crippen molar-refractivity contribution in [1.82, 2.24) is 9.37 Å². The minimum Gasteiger partial charge on any atom is -0.369 e. The Morgan fingerprint density at radius 2 is 1.67 bits per heavy atom. The number of nitrogens with zero attached hydrogens (tertiary/aromatic N) is 3. The largest absolute Gasteiger partial charge is 0.369 e. The molecule has 9 heteroatoms. The predicted molar refractivity (Wildman–Crippen MR) is 112 cm³/mol. The van der Waals surface area contributed by atoms with Gasteiger partial charge >= 0.3 is 0 Å². The average Bonchev–Trinajstić information content (AvgIpc) is 2.77. The normalized spacial score (nSPS) is 16.3.